The number of benzene rings is 9. The Morgan fingerprint density at radius 2 is 0.952 bits per heavy atom. The van der Waals surface area contributed by atoms with E-state index in [2.05, 4.69) is 225 Å². The van der Waals surface area contributed by atoms with Crippen molar-refractivity contribution in [1.29, 1.82) is 0 Å². The summed E-state index contributed by atoms with van der Waals surface area (Å²) in [4.78, 5) is 10.6. The van der Waals surface area contributed by atoms with Crippen LogP contribution in [0.25, 0.3) is 98.6 Å². The van der Waals surface area contributed by atoms with Crippen molar-refractivity contribution >= 4 is 31.5 Å². The molecule has 0 saturated heterocycles. The van der Waals surface area contributed by atoms with Crippen LogP contribution in [0.2, 0.25) is 0 Å². The Balaban J connectivity index is 1.01. The van der Waals surface area contributed by atoms with Crippen molar-refractivity contribution in [2.75, 3.05) is 0 Å². The number of hydrogen-bond donors (Lipinski definition) is 0. The first kappa shape index (κ1) is 37.1. The lowest BCUT2D eigenvalue weighted by Crippen LogP contribution is -2.22. The van der Waals surface area contributed by atoms with E-state index >= 15 is 0 Å². The van der Waals surface area contributed by atoms with Crippen LogP contribution >= 0.6 is 11.3 Å². The van der Waals surface area contributed by atoms with Crippen LogP contribution in [-0.2, 0) is 5.41 Å². The van der Waals surface area contributed by atoms with Crippen molar-refractivity contribution < 1.29 is 0 Å². The Morgan fingerprint density at radius 1 is 0.349 bits per heavy atom. The van der Waals surface area contributed by atoms with E-state index in [0.29, 0.717) is 5.82 Å². The molecule has 3 heteroatoms. The minimum absolute atomic E-state index is 0.365. The van der Waals surface area contributed by atoms with Crippen LogP contribution in [0, 0.1) is 0 Å². The summed E-state index contributed by atoms with van der Waals surface area (Å²) < 4.78 is 2.62. The molecule has 1 atom stereocenters. The fourth-order valence-corrected chi connectivity index (χ4v) is 10.9. The largest absolute Gasteiger partial charge is 0.228 e. The molecule has 1 unspecified atom stereocenters. The summed E-state index contributed by atoms with van der Waals surface area (Å²) in [5.41, 5.74) is 18.1. The highest BCUT2D eigenvalue weighted by Crippen LogP contribution is 2.56. The molecule has 2 heterocycles. The molecule has 2 aromatic heterocycles. The maximum atomic E-state index is 5.34. The lowest BCUT2D eigenvalue weighted by Gasteiger charge is -2.29. The summed E-state index contributed by atoms with van der Waals surface area (Å²) >= 11 is 1.85. The Morgan fingerprint density at radius 3 is 1.78 bits per heavy atom. The SMILES string of the molecule is CC1(c2ccccc2)c2cc(-c3ccccc3-c3cc(-c4cccc(-c5ccc6sc7ccccc7c6c5)c4)nc(-c4ccccc4)n3)ccc2-c2c(-c3ccccc3)cccc21. The Bertz CT molecular complexity index is 3520. The molecule has 0 spiro atoms. The molecule has 296 valence electrons. The van der Waals surface area contributed by atoms with E-state index in [1.807, 2.05) is 17.4 Å². The van der Waals surface area contributed by atoms with Crippen LogP contribution in [0.1, 0.15) is 23.6 Å². The minimum Gasteiger partial charge on any atom is -0.228 e. The van der Waals surface area contributed by atoms with Gasteiger partial charge in [-0.3, -0.25) is 0 Å². The van der Waals surface area contributed by atoms with E-state index in [9.17, 15) is 0 Å². The molecule has 11 aromatic rings. The number of rotatable bonds is 7. The third kappa shape index (κ3) is 6.23. The normalized spacial score (nSPS) is 14.2. The van der Waals surface area contributed by atoms with Gasteiger partial charge >= 0.3 is 0 Å². The molecule has 0 aliphatic heterocycles. The topological polar surface area (TPSA) is 25.8 Å². The maximum absolute atomic E-state index is 5.34. The van der Waals surface area contributed by atoms with Gasteiger partial charge in [-0.1, -0.05) is 188 Å². The lowest BCUT2D eigenvalue weighted by molar-refractivity contribution is 0.714. The lowest BCUT2D eigenvalue weighted by atomic mass is 9.73. The molecule has 1 aliphatic carbocycles. The molecule has 0 amide bonds. The molecule has 1 aliphatic rings. The summed E-state index contributed by atoms with van der Waals surface area (Å²) in [6, 6.07) is 81.2. The van der Waals surface area contributed by atoms with E-state index in [0.717, 1.165) is 44.8 Å². The number of thiophene rings is 1. The van der Waals surface area contributed by atoms with Crippen molar-refractivity contribution in [3.63, 3.8) is 0 Å². The quantitative estimate of drug-likeness (QED) is 0.160. The second-order valence-corrected chi connectivity index (χ2v) is 17.7. The van der Waals surface area contributed by atoms with Gasteiger partial charge in [-0.2, -0.15) is 0 Å². The van der Waals surface area contributed by atoms with Crippen LogP contribution in [-0.4, -0.2) is 9.97 Å². The highest BCUT2D eigenvalue weighted by molar-refractivity contribution is 7.25. The molecule has 2 nitrogen and oxygen atoms in total. The minimum atomic E-state index is -0.365. The first-order valence-corrected chi connectivity index (χ1v) is 22.4. The summed E-state index contributed by atoms with van der Waals surface area (Å²) in [6.45, 7) is 2.40. The number of fused-ring (bicyclic) bond motifs is 6. The van der Waals surface area contributed by atoms with Crippen LogP contribution in [0.15, 0.2) is 224 Å². The summed E-state index contributed by atoms with van der Waals surface area (Å²) in [7, 11) is 0. The van der Waals surface area contributed by atoms with Gasteiger partial charge in [0.25, 0.3) is 0 Å². The molecular formula is C60H40N2S. The van der Waals surface area contributed by atoms with Gasteiger partial charge in [-0.05, 0) is 105 Å². The van der Waals surface area contributed by atoms with E-state index in [1.54, 1.807) is 0 Å². The standard InChI is InChI=1S/C60H40N2S/c1-60(45-23-9-4-10-24-45)52-29-16-28-47(39-17-5-2-6-18-39)58(52)50-33-31-43(37-53(50)60)46-25-11-12-26-48(46)55-38-54(61-59(62-55)40-19-7-3-8-20-40)44-22-15-21-41(35-44)42-32-34-57-51(36-42)49-27-13-14-30-56(49)63-57/h2-38H,1H3. The Kier molecular flexibility index (Phi) is 8.84. The van der Waals surface area contributed by atoms with Crippen molar-refractivity contribution in [2.45, 2.75) is 12.3 Å². The summed E-state index contributed by atoms with van der Waals surface area (Å²) in [5.74, 6) is 0.698. The average molecular weight is 821 g/mol. The van der Waals surface area contributed by atoms with Gasteiger partial charge in [0.1, 0.15) is 0 Å². The highest BCUT2D eigenvalue weighted by atomic mass is 32.1. The van der Waals surface area contributed by atoms with Crippen LogP contribution in [0.4, 0.5) is 0 Å². The summed E-state index contributed by atoms with van der Waals surface area (Å²) in [6.07, 6.45) is 0. The third-order valence-corrected chi connectivity index (χ3v) is 14.2. The molecular weight excluding hydrogens is 781 g/mol. The smallest absolute Gasteiger partial charge is 0.160 e. The molecule has 63 heavy (non-hydrogen) atoms. The number of nitrogens with zero attached hydrogens (tertiary/aromatic N) is 2. The maximum Gasteiger partial charge on any atom is 0.160 e. The molecule has 0 bridgehead atoms. The predicted octanol–water partition coefficient (Wildman–Crippen LogP) is 16.2. The van der Waals surface area contributed by atoms with Crippen LogP contribution < -0.4 is 0 Å². The zero-order chi connectivity index (χ0) is 41.9. The molecule has 0 fully saturated rings. The van der Waals surface area contributed by atoms with Gasteiger partial charge in [0.15, 0.2) is 5.82 Å². The Labute approximate surface area is 371 Å². The number of aromatic nitrogens is 2. The monoisotopic (exact) mass is 820 g/mol. The molecule has 0 N–H and O–H groups in total. The van der Waals surface area contributed by atoms with Gasteiger partial charge in [-0.15, -0.1) is 11.3 Å². The second-order valence-electron chi connectivity index (χ2n) is 16.6. The predicted molar refractivity (Wildman–Crippen MR) is 265 cm³/mol. The van der Waals surface area contributed by atoms with E-state index in [1.165, 1.54) is 64.7 Å². The van der Waals surface area contributed by atoms with Gasteiger partial charge in [0.05, 0.1) is 11.4 Å². The second kappa shape index (κ2) is 15.0. The van der Waals surface area contributed by atoms with E-state index in [-0.39, 0.29) is 5.41 Å². The van der Waals surface area contributed by atoms with Crippen LogP contribution in [0.3, 0.4) is 0 Å². The average Bonchev–Trinajstić information content (AvgIpc) is 3.87. The molecule has 0 radical (unpaired) electrons. The highest BCUT2D eigenvalue weighted by Gasteiger charge is 2.42. The fraction of sp³-hybridized carbons (Fsp3) is 0.0333. The molecule has 9 aromatic carbocycles. The van der Waals surface area contributed by atoms with Crippen molar-refractivity contribution in [2.24, 2.45) is 0 Å². The van der Waals surface area contributed by atoms with Gasteiger partial charge in [0.2, 0.25) is 0 Å². The summed E-state index contributed by atoms with van der Waals surface area (Å²) in [5, 5.41) is 2.60. The van der Waals surface area contributed by atoms with Gasteiger partial charge < -0.3 is 0 Å². The van der Waals surface area contributed by atoms with Gasteiger partial charge in [0, 0.05) is 42.3 Å². The van der Waals surface area contributed by atoms with Gasteiger partial charge in [-0.25, -0.2) is 9.97 Å². The molecule has 0 saturated carbocycles. The number of hydrogen-bond acceptors (Lipinski definition) is 3. The molecule has 12 rings (SSSR count). The Hall–Kier alpha value is -7.72. The third-order valence-electron chi connectivity index (χ3n) is 13.0. The fourth-order valence-electron chi connectivity index (χ4n) is 9.86. The first-order chi connectivity index (χ1) is 31.1. The van der Waals surface area contributed by atoms with Crippen molar-refractivity contribution in [3.05, 3.63) is 241 Å². The van der Waals surface area contributed by atoms with Crippen molar-refractivity contribution in [1.82, 2.24) is 9.97 Å². The van der Waals surface area contributed by atoms with E-state index < -0.39 is 0 Å². The van der Waals surface area contributed by atoms with E-state index in [4.69, 9.17) is 9.97 Å². The zero-order valence-electron chi connectivity index (χ0n) is 34.7. The zero-order valence-corrected chi connectivity index (χ0v) is 35.5. The first-order valence-electron chi connectivity index (χ1n) is 21.6. The van der Waals surface area contributed by atoms with Crippen LogP contribution in [0.5, 0.6) is 0 Å². The van der Waals surface area contributed by atoms with Crippen molar-refractivity contribution in [3.8, 4) is 78.4 Å².